The zero-order valence-corrected chi connectivity index (χ0v) is 19.2. The molecule has 34 heavy (non-hydrogen) atoms. The van der Waals surface area contributed by atoms with Crippen LogP contribution in [0.4, 0.5) is 14.9 Å². The summed E-state index contributed by atoms with van der Waals surface area (Å²) >= 11 is 6.87. The summed E-state index contributed by atoms with van der Waals surface area (Å²) in [6.45, 7) is -0.231. The number of nitrogens with one attached hydrogen (secondary N) is 1. The maximum atomic E-state index is 13.1. The number of nitrogens with zero attached hydrogens (tertiary/aromatic N) is 1. The third-order valence-corrected chi connectivity index (χ3v) is 6.08. The van der Waals surface area contributed by atoms with Crippen molar-refractivity contribution in [1.29, 1.82) is 0 Å². The molecule has 3 aromatic rings. The topological polar surface area (TPSA) is 75.7 Å². The number of hydrogen-bond donors (Lipinski definition) is 1. The number of rotatable bonds is 7. The number of anilines is 1. The van der Waals surface area contributed by atoms with Crippen molar-refractivity contribution in [1.82, 2.24) is 4.90 Å². The molecular formula is C25H18ClFN2O4S. The lowest BCUT2D eigenvalue weighted by Crippen LogP contribution is -2.27. The van der Waals surface area contributed by atoms with Crippen LogP contribution in [0.2, 0.25) is 5.02 Å². The van der Waals surface area contributed by atoms with Gasteiger partial charge in [-0.05, 0) is 53.7 Å². The molecule has 6 nitrogen and oxygen atoms in total. The van der Waals surface area contributed by atoms with Crippen molar-refractivity contribution in [3.63, 3.8) is 0 Å². The van der Waals surface area contributed by atoms with Crippen molar-refractivity contribution in [2.24, 2.45) is 0 Å². The maximum Gasteiger partial charge on any atom is 0.293 e. The molecule has 0 aliphatic carbocycles. The SMILES string of the molecule is O=C(COc1ccccc1/C=C1\SC(=O)N(Cc2ccc(F)cc2)C1=O)Nc1ccccc1Cl. The van der Waals surface area contributed by atoms with Gasteiger partial charge in [-0.1, -0.05) is 54.1 Å². The van der Waals surface area contributed by atoms with E-state index in [1.165, 1.54) is 24.3 Å². The van der Waals surface area contributed by atoms with Crippen molar-refractivity contribution >= 4 is 52.2 Å². The van der Waals surface area contributed by atoms with Gasteiger partial charge in [0.05, 0.1) is 22.2 Å². The molecular weight excluding hydrogens is 479 g/mol. The molecule has 1 saturated heterocycles. The predicted molar refractivity (Wildman–Crippen MR) is 130 cm³/mol. The van der Waals surface area contributed by atoms with Gasteiger partial charge in [0, 0.05) is 5.56 Å². The molecule has 1 heterocycles. The number of thioether (sulfide) groups is 1. The van der Waals surface area contributed by atoms with E-state index in [9.17, 15) is 18.8 Å². The highest BCUT2D eigenvalue weighted by molar-refractivity contribution is 8.18. The summed E-state index contributed by atoms with van der Waals surface area (Å²) in [6, 6.07) is 19.3. The van der Waals surface area contributed by atoms with Gasteiger partial charge in [0.25, 0.3) is 17.1 Å². The van der Waals surface area contributed by atoms with Gasteiger partial charge in [-0.15, -0.1) is 0 Å². The predicted octanol–water partition coefficient (Wildman–Crippen LogP) is 5.73. The second-order valence-electron chi connectivity index (χ2n) is 7.25. The zero-order valence-electron chi connectivity index (χ0n) is 17.7. The number of benzene rings is 3. The quantitative estimate of drug-likeness (QED) is 0.422. The fraction of sp³-hybridized carbons (Fsp3) is 0.0800. The van der Waals surface area contributed by atoms with Crippen LogP contribution >= 0.6 is 23.4 Å². The largest absolute Gasteiger partial charge is 0.483 e. The summed E-state index contributed by atoms with van der Waals surface area (Å²) in [5.74, 6) is -0.870. The van der Waals surface area contributed by atoms with Crippen LogP contribution in [0.5, 0.6) is 5.75 Å². The minimum Gasteiger partial charge on any atom is -0.483 e. The molecule has 0 radical (unpaired) electrons. The highest BCUT2D eigenvalue weighted by Crippen LogP contribution is 2.35. The van der Waals surface area contributed by atoms with Gasteiger partial charge in [-0.2, -0.15) is 0 Å². The van der Waals surface area contributed by atoms with Gasteiger partial charge >= 0.3 is 0 Å². The number of halogens is 2. The van der Waals surface area contributed by atoms with Crippen LogP contribution in [-0.4, -0.2) is 28.6 Å². The number of amides is 3. The zero-order chi connectivity index (χ0) is 24.1. The normalized spacial score (nSPS) is 14.5. The lowest BCUT2D eigenvalue weighted by atomic mass is 10.1. The molecule has 0 atom stereocenters. The van der Waals surface area contributed by atoms with Crippen molar-refractivity contribution in [2.45, 2.75) is 6.54 Å². The molecule has 4 rings (SSSR count). The number of imide groups is 1. The van der Waals surface area contributed by atoms with E-state index < -0.39 is 22.9 Å². The molecule has 172 valence electrons. The third-order valence-electron chi connectivity index (χ3n) is 4.84. The Hall–Kier alpha value is -3.62. The van der Waals surface area contributed by atoms with E-state index in [4.69, 9.17) is 16.3 Å². The maximum absolute atomic E-state index is 13.1. The molecule has 3 aromatic carbocycles. The smallest absolute Gasteiger partial charge is 0.293 e. The molecule has 0 unspecified atom stereocenters. The van der Waals surface area contributed by atoms with Crippen LogP contribution < -0.4 is 10.1 Å². The monoisotopic (exact) mass is 496 g/mol. The minimum atomic E-state index is -0.453. The van der Waals surface area contributed by atoms with Gasteiger partial charge in [-0.3, -0.25) is 19.3 Å². The van der Waals surface area contributed by atoms with Crippen LogP contribution in [0.15, 0.2) is 77.7 Å². The molecule has 0 saturated carbocycles. The van der Waals surface area contributed by atoms with Gasteiger partial charge in [0.2, 0.25) is 0 Å². The minimum absolute atomic E-state index is 0.0443. The summed E-state index contributed by atoms with van der Waals surface area (Å²) in [7, 11) is 0. The summed E-state index contributed by atoms with van der Waals surface area (Å²) in [5.41, 5.74) is 1.65. The van der Waals surface area contributed by atoms with Crippen LogP contribution in [0.1, 0.15) is 11.1 Å². The van der Waals surface area contributed by atoms with Crippen molar-refractivity contribution in [3.05, 3.63) is 99.7 Å². The van der Waals surface area contributed by atoms with Gasteiger partial charge in [-0.25, -0.2) is 4.39 Å². The highest BCUT2D eigenvalue weighted by Gasteiger charge is 2.35. The Bertz CT molecular complexity index is 1280. The van der Waals surface area contributed by atoms with E-state index in [-0.39, 0.29) is 18.1 Å². The van der Waals surface area contributed by atoms with E-state index in [0.717, 1.165) is 16.7 Å². The molecule has 0 bridgehead atoms. The van der Waals surface area contributed by atoms with Gasteiger partial charge in [0.15, 0.2) is 6.61 Å². The summed E-state index contributed by atoms with van der Waals surface area (Å²) in [4.78, 5) is 38.9. The fourth-order valence-corrected chi connectivity index (χ4v) is 4.19. The lowest BCUT2D eigenvalue weighted by Gasteiger charge is -2.12. The van der Waals surface area contributed by atoms with Gasteiger partial charge < -0.3 is 10.1 Å². The first-order valence-corrected chi connectivity index (χ1v) is 11.4. The molecule has 1 aliphatic heterocycles. The summed E-state index contributed by atoms with van der Waals surface area (Å²) in [6.07, 6.45) is 1.55. The molecule has 1 fully saturated rings. The van der Waals surface area contributed by atoms with E-state index in [1.54, 1.807) is 54.6 Å². The Morgan fingerprint density at radius 3 is 2.50 bits per heavy atom. The van der Waals surface area contributed by atoms with E-state index in [1.807, 2.05) is 0 Å². The molecule has 1 N–H and O–H groups in total. The second-order valence-corrected chi connectivity index (χ2v) is 8.65. The molecule has 3 amide bonds. The number of para-hydroxylation sites is 2. The number of carbonyl (C=O) groups excluding carboxylic acids is 3. The number of ether oxygens (including phenoxy) is 1. The van der Waals surface area contributed by atoms with E-state index in [2.05, 4.69) is 5.32 Å². The molecule has 9 heteroatoms. The lowest BCUT2D eigenvalue weighted by molar-refractivity contribution is -0.123. The first kappa shape index (κ1) is 23.5. The van der Waals surface area contributed by atoms with Gasteiger partial charge in [0.1, 0.15) is 11.6 Å². The number of hydrogen-bond acceptors (Lipinski definition) is 5. The van der Waals surface area contributed by atoms with Crippen molar-refractivity contribution in [3.8, 4) is 5.75 Å². The molecule has 1 aliphatic rings. The highest BCUT2D eigenvalue weighted by atomic mass is 35.5. The van der Waals surface area contributed by atoms with Crippen LogP contribution in [0, 0.1) is 5.82 Å². The van der Waals surface area contributed by atoms with Crippen LogP contribution in [0.25, 0.3) is 6.08 Å². The Morgan fingerprint density at radius 2 is 1.74 bits per heavy atom. The third kappa shape index (κ3) is 5.65. The molecule has 0 aromatic heterocycles. The Labute approximate surface area is 204 Å². The Balaban J connectivity index is 1.44. The Morgan fingerprint density at radius 1 is 1.03 bits per heavy atom. The first-order chi connectivity index (χ1) is 16.4. The average Bonchev–Trinajstić information content (AvgIpc) is 3.08. The second kappa shape index (κ2) is 10.5. The summed E-state index contributed by atoms with van der Waals surface area (Å²) in [5, 5.41) is 2.67. The van der Waals surface area contributed by atoms with Crippen molar-refractivity contribution < 1.29 is 23.5 Å². The van der Waals surface area contributed by atoms with Crippen LogP contribution in [0.3, 0.4) is 0 Å². The molecule has 0 spiro atoms. The van der Waals surface area contributed by atoms with E-state index in [0.29, 0.717) is 27.6 Å². The fourth-order valence-electron chi connectivity index (χ4n) is 3.17. The standard InChI is InChI=1S/C25H18ClFN2O4S/c26-19-6-2-3-7-20(19)28-23(30)15-33-21-8-4-1-5-17(21)13-22-24(31)29(25(32)34-22)14-16-9-11-18(27)12-10-16/h1-13H,14-15H2,(H,28,30)/b22-13-. The van der Waals surface area contributed by atoms with Crippen molar-refractivity contribution in [2.75, 3.05) is 11.9 Å². The number of carbonyl (C=O) groups is 3. The average molecular weight is 497 g/mol. The Kier molecular flexibility index (Phi) is 7.30. The summed E-state index contributed by atoms with van der Waals surface area (Å²) < 4.78 is 18.8. The van der Waals surface area contributed by atoms with E-state index >= 15 is 0 Å². The first-order valence-electron chi connectivity index (χ1n) is 10.2. The van der Waals surface area contributed by atoms with Crippen LogP contribution in [-0.2, 0) is 16.1 Å².